The number of methoxy groups -OCH3 is 3. The molecule has 91 heavy (non-hydrogen) atoms. The predicted octanol–water partition coefficient (Wildman–Crippen LogP) is 7.24. The zero-order chi connectivity index (χ0) is 65.1. The van der Waals surface area contributed by atoms with Crippen molar-refractivity contribution in [2.45, 2.75) is 95.8 Å². The van der Waals surface area contributed by atoms with Crippen LogP contribution in [-0.4, -0.2) is 161 Å². The van der Waals surface area contributed by atoms with Gasteiger partial charge in [-0.2, -0.15) is 0 Å². The summed E-state index contributed by atoms with van der Waals surface area (Å²) in [6.07, 6.45) is 3.86. The summed E-state index contributed by atoms with van der Waals surface area (Å²) in [4.78, 5) is 114. The van der Waals surface area contributed by atoms with E-state index in [1.165, 1.54) is 49.5 Å². The molecule has 1 unspecified atom stereocenters. The van der Waals surface area contributed by atoms with Crippen molar-refractivity contribution in [2.75, 3.05) is 82.5 Å². The number of ether oxygens (including phenoxy) is 8. The molecule has 2 fully saturated rings. The molecule has 4 aromatic rings. The van der Waals surface area contributed by atoms with E-state index in [0.29, 0.717) is 36.4 Å². The van der Waals surface area contributed by atoms with Crippen molar-refractivity contribution in [2.24, 2.45) is 17.1 Å². The quantitative estimate of drug-likeness (QED) is 0.0205. The van der Waals surface area contributed by atoms with Gasteiger partial charge < -0.3 is 79.8 Å². The van der Waals surface area contributed by atoms with E-state index in [1.807, 2.05) is 24.3 Å². The maximum Gasteiger partial charge on any atom is 0.416 e. The van der Waals surface area contributed by atoms with Crippen LogP contribution in [0.2, 0.25) is 0 Å². The van der Waals surface area contributed by atoms with Crippen LogP contribution in [0.5, 0.6) is 28.7 Å². The van der Waals surface area contributed by atoms with Crippen LogP contribution in [0.25, 0.3) is 5.57 Å². The normalized spacial score (nSPS) is 18.1. The van der Waals surface area contributed by atoms with Crippen molar-refractivity contribution in [3.05, 3.63) is 127 Å². The highest BCUT2D eigenvalue weighted by Gasteiger charge is 2.58. The number of nitrogens with one attached hydrogen (secondary N) is 4. The Bertz CT molecular complexity index is 3440. The van der Waals surface area contributed by atoms with Gasteiger partial charge in [-0.15, -0.1) is 0 Å². The third kappa shape index (κ3) is 15.2. The highest BCUT2D eigenvalue weighted by atomic mass is 16.6. The Hall–Kier alpha value is -9.98. The summed E-state index contributed by atoms with van der Waals surface area (Å²) in [5.41, 5.74) is 8.24. The number of hydrogen-bond donors (Lipinski definition) is 6. The minimum absolute atomic E-state index is 0.0174. The van der Waals surface area contributed by atoms with E-state index >= 15 is 0 Å². The minimum Gasteiger partial charge on any atom is -0.497 e. The number of aliphatic hydroxyl groups is 1. The number of carbonyl (C=O) groups is 8. The molecule has 9 amide bonds. The number of anilines is 3. The van der Waals surface area contributed by atoms with E-state index in [-0.39, 0.29) is 122 Å². The molecule has 0 bridgehead atoms. The smallest absolute Gasteiger partial charge is 0.416 e. The molecule has 5 atom stereocenters. The third-order valence-electron chi connectivity index (χ3n) is 16.5. The van der Waals surface area contributed by atoms with Gasteiger partial charge in [0.05, 0.1) is 75.7 Å². The van der Waals surface area contributed by atoms with Crippen molar-refractivity contribution in [1.82, 2.24) is 25.8 Å². The Labute approximate surface area is 526 Å². The lowest BCUT2D eigenvalue weighted by atomic mass is 10.0. The average Bonchev–Trinajstić information content (AvgIpc) is 1.59. The molecule has 5 aliphatic rings. The van der Waals surface area contributed by atoms with Gasteiger partial charge in [0, 0.05) is 43.5 Å². The Kier molecular flexibility index (Phi) is 20.9. The predicted molar refractivity (Wildman–Crippen MR) is 333 cm³/mol. The van der Waals surface area contributed by atoms with Crippen molar-refractivity contribution < 1.29 is 81.4 Å². The van der Waals surface area contributed by atoms with Gasteiger partial charge in [-0.25, -0.2) is 24.1 Å². The fraction of sp³-hybridized carbons (Fsp3) is 0.415. The molecule has 1 aliphatic carbocycles. The molecular weight excluding hydrogens is 1180 g/mol. The van der Waals surface area contributed by atoms with Gasteiger partial charge in [0.1, 0.15) is 37.7 Å². The lowest BCUT2D eigenvalue weighted by molar-refractivity contribution is -0.128. The maximum atomic E-state index is 14.5. The number of rotatable bonds is 26. The Morgan fingerprint density at radius 3 is 2.02 bits per heavy atom. The zero-order valence-electron chi connectivity index (χ0n) is 51.5. The van der Waals surface area contributed by atoms with Crippen molar-refractivity contribution in [3.8, 4) is 28.7 Å². The monoisotopic (exact) mass is 1260 g/mol. The van der Waals surface area contributed by atoms with E-state index in [9.17, 15) is 43.5 Å². The highest BCUT2D eigenvalue weighted by Crippen LogP contribution is 2.57. The topological polar surface area (TPSA) is 318 Å². The second kappa shape index (κ2) is 29.1. The number of urea groups is 1. The largest absolute Gasteiger partial charge is 0.497 e. The lowest BCUT2D eigenvalue weighted by Gasteiger charge is -2.31. The number of nitrogens with zero attached hydrogens (tertiary/aromatic N) is 4. The fourth-order valence-electron chi connectivity index (χ4n) is 11.5. The Balaban J connectivity index is 0.880. The molecule has 26 nitrogen and oxygen atoms in total. The van der Waals surface area contributed by atoms with Crippen LogP contribution < -0.4 is 60.5 Å². The summed E-state index contributed by atoms with van der Waals surface area (Å²) in [7, 11) is 4.44. The second-order valence-corrected chi connectivity index (χ2v) is 23.0. The maximum absolute atomic E-state index is 14.5. The summed E-state index contributed by atoms with van der Waals surface area (Å²) < 4.78 is 45.8. The number of alkyl carbamates (subject to hydrolysis) is 1. The third-order valence-corrected chi connectivity index (χ3v) is 16.5. The van der Waals surface area contributed by atoms with Crippen molar-refractivity contribution >= 4 is 70.6 Å². The first kappa shape index (κ1) is 65.5. The fourth-order valence-corrected chi connectivity index (χ4v) is 11.5. The number of nitrogens with two attached hydrogens (primary N) is 1. The molecule has 0 radical (unpaired) electrons. The van der Waals surface area contributed by atoms with Gasteiger partial charge in [0.15, 0.2) is 29.2 Å². The molecule has 1 spiro atoms. The van der Waals surface area contributed by atoms with Crippen molar-refractivity contribution in [3.63, 3.8) is 0 Å². The van der Waals surface area contributed by atoms with Gasteiger partial charge in [0.2, 0.25) is 11.8 Å². The standard InChI is InChI=1S/C65H77N9O17/c1-8-24-89-62(81)70-55(38(3)4)57(76)69-47(12-10-23-67-61(66)80)56(75)68-42-17-13-39(14-18-42)36-91-64(83)74-49-32-54(52(86-7)30-46(49)59(78)73-37-65(21-22-65)33-50(73)60(74)79)88-27-11-26-87-53-31-48-45(29-51(53)85-6)58(77)71-34-41(40-15-19-44(84-5)20-16-40)28-43(71)35-72(48)63(82)90-25-9-2/h8-9,13-20,29-32,34,38,43,47,50,55,60,79H,1-2,10-12,21-28,33,35-37H2,3-7H3,(H,68,75)(H,69,76)(H,70,81)(H3,66,67,80)/t43-,47-,50-,55-,60?/m0/s1. The average molecular weight is 1260 g/mol. The number of benzene rings is 4. The molecule has 26 heteroatoms. The SMILES string of the molecule is C=CCOC(=O)N[C@H](C(=O)N[C@@H](CCCNC(N)=O)C(=O)Nc1ccc(COC(=O)N2c3cc(OCCCOc4cc5c(cc4OC)C(=O)N4C=C(c6ccc(OC)cc6)C[C@H]4CN5C(=O)OCC=C)c(OC)cc3C(=O)N3CC4(CC4)C[C@H]3C2O)cc1)C(C)C. The van der Waals surface area contributed by atoms with Gasteiger partial charge in [0.25, 0.3) is 11.8 Å². The first-order valence-corrected chi connectivity index (χ1v) is 29.9. The number of aliphatic hydroxyl groups excluding tert-OH is 1. The zero-order valence-corrected chi connectivity index (χ0v) is 51.5. The van der Waals surface area contributed by atoms with Crippen LogP contribution in [0.15, 0.2) is 104 Å². The molecule has 1 saturated carbocycles. The number of hydrogen-bond acceptors (Lipinski definition) is 17. The van der Waals surface area contributed by atoms with E-state index in [4.69, 9.17) is 43.6 Å². The molecule has 484 valence electrons. The summed E-state index contributed by atoms with van der Waals surface area (Å²) in [6.45, 7) is 10.9. The molecular formula is C65H77N9O17. The van der Waals surface area contributed by atoms with Gasteiger partial charge in [-0.1, -0.05) is 63.4 Å². The molecule has 9 rings (SSSR count). The van der Waals surface area contributed by atoms with Gasteiger partial charge in [-0.05, 0) is 103 Å². The Morgan fingerprint density at radius 1 is 0.758 bits per heavy atom. The van der Waals surface area contributed by atoms with Crippen LogP contribution in [0.3, 0.4) is 0 Å². The highest BCUT2D eigenvalue weighted by molar-refractivity contribution is 6.08. The summed E-state index contributed by atoms with van der Waals surface area (Å²) in [5, 5.41) is 22.7. The summed E-state index contributed by atoms with van der Waals surface area (Å²) in [6, 6.07) is 15.8. The van der Waals surface area contributed by atoms with Crippen LogP contribution in [0, 0.1) is 11.3 Å². The number of carbonyl (C=O) groups excluding carboxylic acids is 8. The minimum atomic E-state index is -1.53. The number of fused-ring (bicyclic) bond motifs is 4. The molecule has 4 aromatic carbocycles. The molecule has 7 N–H and O–H groups in total. The molecule has 0 aromatic heterocycles. The molecule has 4 aliphatic heterocycles. The second-order valence-electron chi connectivity index (χ2n) is 23.0. The first-order chi connectivity index (χ1) is 43.8. The summed E-state index contributed by atoms with van der Waals surface area (Å²) in [5.74, 6) is -0.920. The van der Waals surface area contributed by atoms with Crippen LogP contribution in [-0.2, 0) is 30.4 Å². The summed E-state index contributed by atoms with van der Waals surface area (Å²) >= 11 is 0. The van der Waals surface area contributed by atoms with Gasteiger partial charge >= 0.3 is 24.3 Å². The van der Waals surface area contributed by atoms with E-state index < -0.39 is 78.3 Å². The van der Waals surface area contributed by atoms with E-state index in [1.54, 1.807) is 67.3 Å². The molecule has 4 heterocycles. The van der Waals surface area contributed by atoms with Crippen LogP contribution >= 0.6 is 0 Å². The lowest BCUT2D eigenvalue weighted by Crippen LogP contribution is -2.54. The van der Waals surface area contributed by atoms with Crippen molar-refractivity contribution in [1.29, 1.82) is 0 Å². The van der Waals surface area contributed by atoms with Crippen LogP contribution in [0.1, 0.15) is 90.6 Å². The van der Waals surface area contributed by atoms with Gasteiger partial charge in [-0.3, -0.25) is 24.1 Å². The Morgan fingerprint density at radius 2 is 1.41 bits per heavy atom. The number of amides is 9. The molecule has 1 saturated heterocycles. The van der Waals surface area contributed by atoms with E-state index in [0.717, 1.165) is 28.9 Å². The van der Waals surface area contributed by atoms with Crippen LogP contribution in [0.4, 0.5) is 36.2 Å². The number of primary amides is 1. The first-order valence-electron chi connectivity index (χ1n) is 29.9. The van der Waals surface area contributed by atoms with E-state index in [2.05, 4.69) is 34.4 Å².